The van der Waals surface area contributed by atoms with E-state index in [4.69, 9.17) is 4.42 Å². The molecule has 1 aromatic rings. The van der Waals surface area contributed by atoms with Gasteiger partial charge in [-0.15, -0.1) is 0 Å². The van der Waals surface area contributed by atoms with Crippen LogP contribution in [0.3, 0.4) is 0 Å². The van der Waals surface area contributed by atoms with Gasteiger partial charge in [0.2, 0.25) is 0 Å². The molecular formula is C13H21NOS. The smallest absolute Gasteiger partial charge is 0.118 e. The van der Waals surface area contributed by atoms with E-state index in [1.54, 1.807) is 0 Å². The highest BCUT2D eigenvalue weighted by Gasteiger charge is 2.20. The van der Waals surface area contributed by atoms with Crippen LogP contribution in [-0.4, -0.2) is 11.8 Å². The average Bonchev–Trinajstić information content (AvgIpc) is 2.96. The zero-order chi connectivity index (χ0) is 11.4. The molecule has 1 aliphatic rings. The molecular weight excluding hydrogens is 218 g/mol. The first-order chi connectivity index (χ1) is 7.74. The predicted molar refractivity (Wildman–Crippen MR) is 69.6 cm³/mol. The van der Waals surface area contributed by atoms with Crippen LogP contribution in [0.15, 0.2) is 16.5 Å². The largest absolute Gasteiger partial charge is 0.464 e. The van der Waals surface area contributed by atoms with Crippen LogP contribution >= 0.6 is 11.8 Å². The standard InChI is InChI=1S/C13H21NOS/c1-10(2)8-16-9-13-6-5-12(15-13)7-14-11-3-4-11/h5-6,10-11,14H,3-4,7-9H2,1-2H3. The van der Waals surface area contributed by atoms with Crippen LogP contribution in [0.2, 0.25) is 0 Å². The van der Waals surface area contributed by atoms with E-state index in [9.17, 15) is 0 Å². The Bertz CT molecular complexity index is 317. The third kappa shape index (κ3) is 4.22. The van der Waals surface area contributed by atoms with Crippen molar-refractivity contribution in [3.63, 3.8) is 0 Å². The molecule has 0 aliphatic heterocycles. The van der Waals surface area contributed by atoms with E-state index in [0.29, 0.717) is 0 Å². The molecule has 0 aromatic carbocycles. The molecule has 2 nitrogen and oxygen atoms in total. The van der Waals surface area contributed by atoms with Gasteiger partial charge in [-0.25, -0.2) is 0 Å². The summed E-state index contributed by atoms with van der Waals surface area (Å²) in [6.07, 6.45) is 2.66. The summed E-state index contributed by atoms with van der Waals surface area (Å²) in [6, 6.07) is 4.96. The summed E-state index contributed by atoms with van der Waals surface area (Å²) in [7, 11) is 0. The van der Waals surface area contributed by atoms with Crippen molar-refractivity contribution in [3.05, 3.63) is 23.7 Å². The number of hydrogen-bond donors (Lipinski definition) is 1. The molecule has 1 aliphatic carbocycles. The van der Waals surface area contributed by atoms with Crippen molar-refractivity contribution >= 4 is 11.8 Å². The summed E-state index contributed by atoms with van der Waals surface area (Å²) >= 11 is 1.95. The first-order valence-electron chi connectivity index (χ1n) is 6.13. The molecule has 0 spiro atoms. The van der Waals surface area contributed by atoms with E-state index in [0.717, 1.165) is 35.8 Å². The van der Waals surface area contributed by atoms with E-state index < -0.39 is 0 Å². The second-order valence-corrected chi connectivity index (χ2v) is 5.96. The molecule has 0 unspecified atom stereocenters. The minimum atomic E-state index is 0.754. The molecule has 0 amide bonds. The van der Waals surface area contributed by atoms with Gasteiger partial charge in [0.1, 0.15) is 11.5 Å². The topological polar surface area (TPSA) is 25.2 Å². The molecule has 0 bridgehead atoms. The normalized spacial score (nSPS) is 15.9. The number of rotatable bonds is 7. The van der Waals surface area contributed by atoms with Crippen molar-refractivity contribution in [3.8, 4) is 0 Å². The van der Waals surface area contributed by atoms with Gasteiger partial charge >= 0.3 is 0 Å². The minimum absolute atomic E-state index is 0.754. The lowest BCUT2D eigenvalue weighted by Gasteiger charge is -2.02. The average molecular weight is 239 g/mol. The summed E-state index contributed by atoms with van der Waals surface area (Å²) in [5.41, 5.74) is 0. The third-order valence-corrected chi connectivity index (χ3v) is 3.95. The summed E-state index contributed by atoms with van der Waals surface area (Å²) < 4.78 is 5.76. The monoisotopic (exact) mass is 239 g/mol. The maximum Gasteiger partial charge on any atom is 0.118 e. The van der Waals surface area contributed by atoms with Crippen molar-refractivity contribution in [2.24, 2.45) is 5.92 Å². The van der Waals surface area contributed by atoms with Crippen LogP contribution in [0.25, 0.3) is 0 Å². The molecule has 1 heterocycles. The number of thioether (sulfide) groups is 1. The Morgan fingerprint density at radius 2 is 2.12 bits per heavy atom. The van der Waals surface area contributed by atoms with Crippen molar-refractivity contribution in [2.45, 2.75) is 45.0 Å². The fraction of sp³-hybridized carbons (Fsp3) is 0.692. The molecule has 1 saturated carbocycles. The van der Waals surface area contributed by atoms with Crippen molar-refractivity contribution < 1.29 is 4.42 Å². The fourth-order valence-electron chi connectivity index (χ4n) is 1.52. The number of hydrogen-bond acceptors (Lipinski definition) is 3. The van der Waals surface area contributed by atoms with Gasteiger partial charge in [0.25, 0.3) is 0 Å². The van der Waals surface area contributed by atoms with Crippen LogP contribution < -0.4 is 5.32 Å². The van der Waals surface area contributed by atoms with Crippen LogP contribution in [-0.2, 0) is 12.3 Å². The molecule has 2 rings (SSSR count). The van der Waals surface area contributed by atoms with E-state index in [-0.39, 0.29) is 0 Å². The van der Waals surface area contributed by atoms with Gasteiger partial charge in [-0.2, -0.15) is 11.8 Å². The Balaban J connectivity index is 1.68. The first kappa shape index (κ1) is 12.1. The van der Waals surface area contributed by atoms with Gasteiger partial charge in [0.15, 0.2) is 0 Å². The predicted octanol–water partition coefficient (Wildman–Crippen LogP) is 3.42. The highest BCUT2D eigenvalue weighted by Crippen LogP contribution is 2.21. The second-order valence-electron chi connectivity index (χ2n) is 4.93. The van der Waals surface area contributed by atoms with Gasteiger partial charge in [0, 0.05) is 6.04 Å². The van der Waals surface area contributed by atoms with Gasteiger partial charge in [-0.3, -0.25) is 0 Å². The lowest BCUT2D eigenvalue weighted by Crippen LogP contribution is -2.14. The highest BCUT2D eigenvalue weighted by atomic mass is 32.2. The Labute approximate surface area is 102 Å². The molecule has 1 fully saturated rings. The Kier molecular flexibility index (Phi) is 4.36. The summed E-state index contributed by atoms with van der Waals surface area (Å²) in [6.45, 7) is 5.39. The molecule has 1 aromatic heterocycles. The maximum atomic E-state index is 5.76. The van der Waals surface area contributed by atoms with Gasteiger partial charge in [0.05, 0.1) is 12.3 Å². The molecule has 16 heavy (non-hydrogen) atoms. The zero-order valence-corrected chi connectivity index (χ0v) is 11.0. The summed E-state index contributed by atoms with van der Waals surface area (Å²) in [5, 5.41) is 3.46. The van der Waals surface area contributed by atoms with Crippen LogP contribution in [0, 0.1) is 5.92 Å². The van der Waals surface area contributed by atoms with Crippen molar-refractivity contribution in [1.29, 1.82) is 0 Å². The maximum absolute atomic E-state index is 5.76. The summed E-state index contributed by atoms with van der Waals surface area (Å²) in [5.74, 6) is 5.15. The molecule has 0 radical (unpaired) electrons. The number of furan rings is 1. The summed E-state index contributed by atoms with van der Waals surface area (Å²) in [4.78, 5) is 0. The van der Waals surface area contributed by atoms with E-state index in [1.165, 1.54) is 18.6 Å². The quantitative estimate of drug-likeness (QED) is 0.789. The Hall–Kier alpha value is -0.410. The zero-order valence-electron chi connectivity index (χ0n) is 10.2. The molecule has 1 N–H and O–H groups in total. The molecule has 0 saturated heterocycles. The second kappa shape index (κ2) is 5.78. The van der Waals surface area contributed by atoms with E-state index in [1.807, 2.05) is 11.8 Å². The molecule has 90 valence electrons. The molecule has 0 atom stereocenters. The van der Waals surface area contributed by atoms with E-state index >= 15 is 0 Å². The Morgan fingerprint density at radius 3 is 2.81 bits per heavy atom. The lowest BCUT2D eigenvalue weighted by molar-refractivity contribution is 0.458. The fourth-order valence-corrected chi connectivity index (χ4v) is 2.47. The number of nitrogens with one attached hydrogen (secondary N) is 1. The van der Waals surface area contributed by atoms with E-state index in [2.05, 4.69) is 31.3 Å². The van der Waals surface area contributed by atoms with Crippen LogP contribution in [0.5, 0.6) is 0 Å². The first-order valence-corrected chi connectivity index (χ1v) is 7.28. The minimum Gasteiger partial charge on any atom is -0.464 e. The highest BCUT2D eigenvalue weighted by molar-refractivity contribution is 7.98. The van der Waals surface area contributed by atoms with Gasteiger partial charge in [-0.1, -0.05) is 13.8 Å². The lowest BCUT2D eigenvalue weighted by atomic mass is 10.3. The third-order valence-electron chi connectivity index (χ3n) is 2.56. The van der Waals surface area contributed by atoms with Gasteiger partial charge < -0.3 is 9.73 Å². The SMILES string of the molecule is CC(C)CSCc1ccc(CNC2CC2)o1. The molecule has 3 heteroatoms. The van der Waals surface area contributed by atoms with Crippen LogP contribution in [0.4, 0.5) is 0 Å². The Morgan fingerprint density at radius 1 is 1.38 bits per heavy atom. The van der Waals surface area contributed by atoms with Gasteiger partial charge in [-0.05, 0) is 36.6 Å². The van der Waals surface area contributed by atoms with Crippen LogP contribution in [0.1, 0.15) is 38.2 Å². The van der Waals surface area contributed by atoms with Crippen molar-refractivity contribution in [2.75, 3.05) is 5.75 Å². The van der Waals surface area contributed by atoms with Crippen molar-refractivity contribution in [1.82, 2.24) is 5.32 Å².